The fraction of sp³-hybridized carbons (Fsp3) is 0.111. The molecular weight excluding hydrogens is 154 g/mol. The number of fused-ring (bicyclic) bond motifs is 1. The molecule has 0 spiro atoms. The predicted octanol–water partition coefficient (Wildman–Crippen LogP) is 2.70. The number of nitrogens with zero attached hydrogens (tertiary/aromatic N) is 1. The third-order valence-electron chi connectivity index (χ3n) is 1.75. The quantitative estimate of drug-likeness (QED) is 0.626. The third-order valence-corrected chi connectivity index (χ3v) is 2.82. The van der Waals surface area contributed by atoms with Gasteiger partial charge in [-0.15, -0.1) is 11.8 Å². The molecule has 0 aromatic heterocycles. The van der Waals surface area contributed by atoms with E-state index in [9.17, 15) is 0 Å². The Labute approximate surface area is 70.7 Å². The van der Waals surface area contributed by atoms with Gasteiger partial charge in [-0.3, -0.25) is 0 Å². The number of hydrogen-bond donors (Lipinski definition) is 0. The molecular formula is C9H9NS. The van der Waals surface area contributed by atoms with Crippen molar-refractivity contribution in [3.63, 3.8) is 0 Å². The number of anilines is 1. The van der Waals surface area contributed by atoms with Crippen LogP contribution in [0.25, 0.3) is 0 Å². The molecule has 0 radical (unpaired) electrons. The van der Waals surface area contributed by atoms with Crippen LogP contribution < -0.4 is 4.90 Å². The predicted molar refractivity (Wildman–Crippen MR) is 49.8 cm³/mol. The maximum Gasteiger partial charge on any atom is 0.0729 e. The number of rotatable bonds is 1. The highest BCUT2D eigenvalue weighted by atomic mass is 32.2. The fourth-order valence-electron chi connectivity index (χ4n) is 1.18. The zero-order chi connectivity index (χ0) is 7.68. The van der Waals surface area contributed by atoms with Crippen molar-refractivity contribution < 1.29 is 0 Å². The number of benzene rings is 1. The van der Waals surface area contributed by atoms with Crippen LogP contribution in [0.3, 0.4) is 0 Å². The van der Waals surface area contributed by atoms with Gasteiger partial charge in [0.25, 0.3) is 0 Å². The molecule has 0 fully saturated rings. The standard InChI is InChI=1S/C9H9NS/c1-2-10-7-11-9-6-4-3-5-8(9)10/h2-6H,1,7H2. The highest BCUT2D eigenvalue weighted by Gasteiger charge is 2.15. The summed E-state index contributed by atoms with van der Waals surface area (Å²) >= 11 is 1.86. The third kappa shape index (κ3) is 1.03. The second-order valence-corrected chi connectivity index (χ2v) is 3.38. The Morgan fingerprint density at radius 2 is 2.27 bits per heavy atom. The van der Waals surface area contributed by atoms with Crippen LogP contribution in [0.2, 0.25) is 0 Å². The van der Waals surface area contributed by atoms with Gasteiger partial charge >= 0.3 is 0 Å². The van der Waals surface area contributed by atoms with Gasteiger partial charge in [0.2, 0.25) is 0 Å². The van der Waals surface area contributed by atoms with E-state index in [-0.39, 0.29) is 0 Å². The summed E-state index contributed by atoms with van der Waals surface area (Å²) in [6, 6.07) is 8.39. The molecule has 0 bridgehead atoms. The van der Waals surface area contributed by atoms with Crippen LogP contribution in [0.15, 0.2) is 41.9 Å². The number of thioether (sulfide) groups is 1. The minimum absolute atomic E-state index is 1.00. The van der Waals surface area contributed by atoms with Gasteiger partial charge in [0.1, 0.15) is 0 Å². The molecule has 0 N–H and O–H groups in total. The monoisotopic (exact) mass is 163 g/mol. The first-order chi connectivity index (χ1) is 5.42. The van der Waals surface area contributed by atoms with E-state index in [1.165, 1.54) is 10.6 Å². The van der Waals surface area contributed by atoms with Crippen LogP contribution in [-0.4, -0.2) is 5.88 Å². The van der Waals surface area contributed by atoms with E-state index in [1.807, 2.05) is 18.0 Å². The van der Waals surface area contributed by atoms with Crippen molar-refractivity contribution in [2.75, 3.05) is 10.8 Å². The zero-order valence-electron chi connectivity index (χ0n) is 6.16. The summed E-state index contributed by atoms with van der Waals surface area (Å²) < 4.78 is 0. The number of para-hydroxylation sites is 1. The Morgan fingerprint density at radius 1 is 1.45 bits per heavy atom. The van der Waals surface area contributed by atoms with E-state index < -0.39 is 0 Å². The molecule has 0 saturated heterocycles. The van der Waals surface area contributed by atoms with Gasteiger partial charge < -0.3 is 4.90 Å². The van der Waals surface area contributed by atoms with E-state index in [0.717, 1.165) is 5.88 Å². The van der Waals surface area contributed by atoms with Gasteiger partial charge in [-0.25, -0.2) is 0 Å². The molecule has 56 valence electrons. The lowest BCUT2D eigenvalue weighted by atomic mass is 10.3. The van der Waals surface area contributed by atoms with Crippen LogP contribution in [0.4, 0.5) is 5.69 Å². The smallest absolute Gasteiger partial charge is 0.0729 e. The van der Waals surface area contributed by atoms with Crippen molar-refractivity contribution in [1.82, 2.24) is 0 Å². The Hall–Kier alpha value is -0.890. The summed E-state index contributed by atoms with van der Waals surface area (Å²) in [6.07, 6.45) is 1.87. The lowest BCUT2D eigenvalue weighted by molar-refractivity contribution is 1.18. The second kappa shape index (κ2) is 2.62. The highest BCUT2D eigenvalue weighted by Crippen LogP contribution is 2.37. The topological polar surface area (TPSA) is 3.24 Å². The minimum Gasteiger partial charge on any atom is -0.338 e. The molecule has 1 aromatic carbocycles. The molecule has 1 aliphatic rings. The highest BCUT2D eigenvalue weighted by molar-refractivity contribution is 7.99. The molecule has 0 aliphatic carbocycles. The van der Waals surface area contributed by atoms with Crippen molar-refractivity contribution in [1.29, 1.82) is 0 Å². The fourth-order valence-corrected chi connectivity index (χ4v) is 2.21. The van der Waals surface area contributed by atoms with Crippen molar-refractivity contribution in [2.24, 2.45) is 0 Å². The molecule has 0 unspecified atom stereocenters. The van der Waals surface area contributed by atoms with Gasteiger partial charge in [-0.2, -0.15) is 0 Å². The molecule has 0 saturated carbocycles. The van der Waals surface area contributed by atoms with E-state index >= 15 is 0 Å². The molecule has 11 heavy (non-hydrogen) atoms. The van der Waals surface area contributed by atoms with Crippen LogP contribution in [-0.2, 0) is 0 Å². The largest absolute Gasteiger partial charge is 0.338 e. The molecule has 2 rings (SSSR count). The van der Waals surface area contributed by atoms with Gasteiger partial charge in [-0.1, -0.05) is 18.7 Å². The van der Waals surface area contributed by atoms with Crippen LogP contribution in [0.5, 0.6) is 0 Å². The van der Waals surface area contributed by atoms with Gasteiger partial charge in [-0.05, 0) is 18.3 Å². The second-order valence-electron chi connectivity index (χ2n) is 2.39. The summed E-state index contributed by atoms with van der Waals surface area (Å²) in [5, 5.41) is 0. The Balaban J connectivity index is 2.46. The Bertz CT molecular complexity index is 283. The summed E-state index contributed by atoms with van der Waals surface area (Å²) in [5.41, 5.74) is 1.28. The Morgan fingerprint density at radius 3 is 3.09 bits per heavy atom. The summed E-state index contributed by atoms with van der Waals surface area (Å²) in [4.78, 5) is 3.51. The maximum atomic E-state index is 3.75. The SMILES string of the molecule is C=CN1CSc2ccccc21. The van der Waals surface area contributed by atoms with E-state index in [0.29, 0.717) is 0 Å². The molecule has 1 nitrogen and oxygen atoms in total. The van der Waals surface area contributed by atoms with Crippen LogP contribution in [0.1, 0.15) is 0 Å². The van der Waals surface area contributed by atoms with E-state index in [1.54, 1.807) is 0 Å². The van der Waals surface area contributed by atoms with E-state index in [2.05, 4.69) is 35.7 Å². The lowest BCUT2D eigenvalue weighted by Crippen LogP contribution is -2.08. The Kier molecular flexibility index (Phi) is 1.62. The van der Waals surface area contributed by atoms with Crippen molar-refractivity contribution in [3.05, 3.63) is 37.0 Å². The molecule has 2 heteroatoms. The molecule has 1 aromatic rings. The zero-order valence-corrected chi connectivity index (χ0v) is 6.97. The molecule has 1 aliphatic heterocycles. The summed E-state index contributed by atoms with van der Waals surface area (Å²) in [7, 11) is 0. The lowest BCUT2D eigenvalue weighted by Gasteiger charge is -2.10. The average Bonchev–Trinajstić information content (AvgIpc) is 2.47. The van der Waals surface area contributed by atoms with Gasteiger partial charge in [0.15, 0.2) is 0 Å². The van der Waals surface area contributed by atoms with Crippen LogP contribution in [0, 0.1) is 0 Å². The molecule has 0 amide bonds. The first-order valence-corrected chi connectivity index (χ1v) is 4.51. The maximum absolute atomic E-state index is 3.75. The molecule has 1 heterocycles. The van der Waals surface area contributed by atoms with Crippen molar-refractivity contribution in [2.45, 2.75) is 4.90 Å². The van der Waals surface area contributed by atoms with Crippen molar-refractivity contribution in [3.8, 4) is 0 Å². The van der Waals surface area contributed by atoms with E-state index in [4.69, 9.17) is 0 Å². The van der Waals surface area contributed by atoms with Crippen LogP contribution >= 0.6 is 11.8 Å². The average molecular weight is 163 g/mol. The van der Waals surface area contributed by atoms with Crippen molar-refractivity contribution >= 4 is 17.4 Å². The molecule has 0 atom stereocenters. The first kappa shape index (κ1) is 6.80. The minimum atomic E-state index is 1.00. The summed E-state index contributed by atoms with van der Waals surface area (Å²) in [5.74, 6) is 1.00. The van der Waals surface area contributed by atoms with Gasteiger partial charge in [0, 0.05) is 4.90 Å². The first-order valence-electron chi connectivity index (χ1n) is 3.53. The van der Waals surface area contributed by atoms with Gasteiger partial charge in [0.05, 0.1) is 11.6 Å². The normalized spacial score (nSPS) is 14.7. The number of hydrogen-bond acceptors (Lipinski definition) is 2. The summed E-state index contributed by atoms with van der Waals surface area (Å²) in [6.45, 7) is 3.75.